The summed E-state index contributed by atoms with van der Waals surface area (Å²) in [5, 5.41) is 28.5. The third kappa shape index (κ3) is 2.80. The number of nitrogens with zero attached hydrogens (tertiary/aromatic N) is 2. The molecule has 2 aliphatic rings. The van der Waals surface area contributed by atoms with Crippen molar-refractivity contribution in [2.24, 2.45) is 11.8 Å². The van der Waals surface area contributed by atoms with E-state index < -0.39 is 22.8 Å². The maximum Gasteiger partial charge on any atom is 0.341 e. The van der Waals surface area contributed by atoms with Crippen LogP contribution in [-0.4, -0.2) is 52.2 Å². The highest BCUT2D eigenvalue weighted by atomic mass is 19.1. The zero-order valence-corrected chi connectivity index (χ0v) is 15.4. The van der Waals surface area contributed by atoms with Crippen LogP contribution in [0.5, 0.6) is 0 Å². The van der Waals surface area contributed by atoms with E-state index in [-0.39, 0.29) is 30.4 Å². The molecule has 2 aromatic rings. The molecule has 148 valence electrons. The molecular formula is C20H21FN2O5. The van der Waals surface area contributed by atoms with E-state index in [9.17, 15) is 24.9 Å². The van der Waals surface area contributed by atoms with Gasteiger partial charge in [-0.25, -0.2) is 9.18 Å². The Balaban J connectivity index is 1.95. The Kier molecular flexibility index (Phi) is 4.47. The average molecular weight is 388 g/mol. The normalized spacial score (nSPS) is 21.3. The van der Waals surface area contributed by atoms with Crippen LogP contribution >= 0.6 is 0 Å². The highest BCUT2D eigenvalue weighted by molar-refractivity contribution is 5.97. The zero-order valence-electron chi connectivity index (χ0n) is 15.4. The minimum atomic E-state index is -1.35. The van der Waals surface area contributed by atoms with E-state index in [0.29, 0.717) is 36.3 Å². The van der Waals surface area contributed by atoms with Crippen LogP contribution in [0, 0.1) is 24.6 Å². The van der Waals surface area contributed by atoms with Gasteiger partial charge in [-0.1, -0.05) is 6.08 Å². The number of hydrogen-bond donors (Lipinski definition) is 3. The van der Waals surface area contributed by atoms with E-state index in [1.54, 1.807) is 16.4 Å². The molecule has 3 N–H and O–H groups in total. The van der Waals surface area contributed by atoms with Crippen LogP contribution in [0.2, 0.25) is 0 Å². The Labute approximate surface area is 159 Å². The molecule has 1 saturated heterocycles. The van der Waals surface area contributed by atoms with E-state index in [1.807, 2.05) is 6.08 Å². The van der Waals surface area contributed by atoms with Crippen LogP contribution in [0.3, 0.4) is 0 Å². The lowest BCUT2D eigenvalue weighted by Gasteiger charge is -2.24. The number of aromatic nitrogens is 1. The Bertz CT molecular complexity index is 1060. The van der Waals surface area contributed by atoms with Crippen molar-refractivity contribution in [2.75, 3.05) is 31.2 Å². The van der Waals surface area contributed by atoms with Crippen molar-refractivity contribution in [3.05, 3.63) is 45.5 Å². The van der Waals surface area contributed by atoms with Crippen LogP contribution in [0.25, 0.3) is 16.6 Å². The van der Waals surface area contributed by atoms with Crippen molar-refractivity contribution >= 4 is 28.3 Å². The number of carbonyl (C=O) groups is 1. The minimum absolute atomic E-state index is 0.0306. The van der Waals surface area contributed by atoms with Gasteiger partial charge in [0, 0.05) is 62.0 Å². The molecule has 0 saturated carbocycles. The number of fused-ring (bicyclic) bond motifs is 1. The zero-order chi connectivity index (χ0) is 20.2. The number of carboxylic acids is 1. The first-order chi connectivity index (χ1) is 13.4. The SMILES string of the molecule is Cc1c(N2C[C@@H](CO)[C@@H](CO)C2)c(F)cc2c(=O)c(C(=O)O)cn(C3=CC3)c12. The number of hydrogen-bond acceptors (Lipinski definition) is 5. The number of carboxylic acid groups (broad SMARTS) is 1. The summed E-state index contributed by atoms with van der Waals surface area (Å²) >= 11 is 0. The lowest BCUT2D eigenvalue weighted by atomic mass is 9.98. The van der Waals surface area contributed by atoms with Crippen molar-refractivity contribution < 1.29 is 24.5 Å². The number of benzene rings is 1. The molecule has 0 bridgehead atoms. The summed E-state index contributed by atoms with van der Waals surface area (Å²) in [4.78, 5) is 25.9. The highest BCUT2D eigenvalue weighted by Gasteiger charge is 2.34. The Morgan fingerprint density at radius 1 is 1.25 bits per heavy atom. The van der Waals surface area contributed by atoms with Gasteiger partial charge >= 0.3 is 5.97 Å². The molecule has 0 unspecified atom stereocenters. The molecule has 7 nitrogen and oxygen atoms in total. The number of allylic oxidation sites excluding steroid dienone is 2. The Morgan fingerprint density at radius 2 is 1.86 bits per heavy atom. The quantitative estimate of drug-likeness (QED) is 0.716. The minimum Gasteiger partial charge on any atom is -0.477 e. The number of aliphatic hydroxyl groups excluding tert-OH is 2. The maximum atomic E-state index is 15.1. The van der Waals surface area contributed by atoms with E-state index >= 15 is 4.39 Å². The number of rotatable bonds is 5. The number of aryl methyl sites for hydroxylation is 1. The summed E-state index contributed by atoms with van der Waals surface area (Å²) in [6.45, 7) is 2.29. The van der Waals surface area contributed by atoms with Crippen LogP contribution in [0.1, 0.15) is 22.3 Å². The van der Waals surface area contributed by atoms with Crippen LogP contribution in [-0.2, 0) is 0 Å². The van der Waals surface area contributed by atoms with Crippen LogP contribution in [0.15, 0.2) is 23.1 Å². The molecule has 8 heteroatoms. The summed E-state index contributed by atoms with van der Waals surface area (Å²) in [5.41, 5.74) is 1.09. The topological polar surface area (TPSA) is 103 Å². The molecule has 2 heterocycles. The lowest BCUT2D eigenvalue weighted by Crippen LogP contribution is -2.25. The third-order valence-corrected chi connectivity index (χ3v) is 5.74. The van der Waals surface area contributed by atoms with Gasteiger partial charge < -0.3 is 24.8 Å². The van der Waals surface area contributed by atoms with Gasteiger partial charge in [-0.3, -0.25) is 4.79 Å². The van der Waals surface area contributed by atoms with Gasteiger partial charge in [-0.2, -0.15) is 0 Å². The largest absolute Gasteiger partial charge is 0.477 e. The summed E-state index contributed by atoms with van der Waals surface area (Å²) in [6.07, 6.45) is 3.88. The predicted molar refractivity (Wildman–Crippen MR) is 102 cm³/mol. The molecule has 1 fully saturated rings. The fourth-order valence-corrected chi connectivity index (χ4v) is 4.18. The summed E-state index contributed by atoms with van der Waals surface area (Å²) in [6, 6.07) is 1.10. The Hall–Kier alpha value is -2.71. The number of aromatic carboxylic acids is 1. The van der Waals surface area contributed by atoms with Gasteiger partial charge in [0.1, 0.15) is 11.4 Å². The van der Waals surface area contributed by atoms with E-state index in [4.69, 9.17) is 0 Å². The maximum absolute atomic E-state index is 15.1. The summed E-state index contributed by atoms with van der Waals surface area (Å²) in [7, 11) is 0. The molecule has 0 spiro atoms. The molecule has 1 aromatic heterocycles. The third-order valence-electron chi connectivity index (χ3n) is 5.74. The monoisotopic (exact) mass is 388 g/mol. The molecule has 0 radical (unpaired) electrons. The van der Waals surface area contributed by atoms with Gasteiger partial charge in [0.05, 0.1) is 16.6 Å². The molecule has 0 amide bonds. The van der Waals surface area contributed by atoms with Gasteiger partial charge in [0.25, 0.3) is 0 Å². The fraction of sp³-hybridized carbons (Fsp3) is 0.400. The average Bonchev–Trinajstić information content (AvgIpc) is 3.42. The number of aliphatic hydroxyl groups is 2. The number of anilines is 1. The molecule has 1 aromatic carbocycles. The van der Waals surface area contributed by atoms with Gasteiger partial charge in [0.15, 0.2) is 0 Å². The molecule has 1 aliphatic heterocycles. The van der Waals surface area contributed by atoms with Crippen molar-refractivity contribution in [1.29, 1.82) is 0 Å². The van der Waals surface area contributed by atoms with Crippen LogP contribution < -0.4 is 10.3 Å². The summed E-state index contributed by atoms with van der Waals surface area (Å²) in [5.74, 6) is -2.29. The molecule has 2 atom stereocenters. The summed E-state index contributed by atoms with van der Waals surface area (Å²) < 4.78 is 16.7. The Morgan fingerprint density at radius 3 is 2.36 bits per heavy atom. The van der Waals surface area contributed by atoms with E-state index in [1.165, 1.54) is 6.20 Å². The van der Waals surface area contributed by atoms with Crippen LogP contribution in [0.4, 0.5) is 10.1 Å². The molecular weight excluding hydrogens is 367 g/mol. The first-order valence-electron chi connectivity index (χ1n) is 9.15. The standard InChI is InChI=1S/C20H21FN2O5/c1-10-17-14(19(26)15(20(27)28)7-23(17)13-2-3-13)4-16(21)18(10)22-5-11(8-24)12(6-22)9-25/h2,4,7,11-12,24-25H,3,5-6,8-9H2,1H3,(H,27,28)/t11-,12+. The van der Waals surface area contributed by atoms with Crippen molar-refractivity contribution in [1.82, 2.24) is 4.57 Å². The van der Waals surface area contributed by atoms with Gasteiger partial charge in [-0.15, -0.1) is 0 Å². The highest BCUT2D eigenvalue weighted by Crippen LogP contribution is 2.38. The first-order valence-corrected chi connectivity index (χ1v) is 9.15. The predicted octanol–water partition coefficient (Wildman–Crippen LogP) is 1.43. The van der Waals surface area contributed by atoms with Crippen molar-refractivity contribution in [3.63, 3.8) is 0 Å². The molecule has 28 heavy (non-hydrogen) atoms. The fourth-order valence-electron chi connectivity index (χ4n) is 4.18. The second-order valence-corrected chi connectivity index (χ2v) is 7.47. The van der Waals surface area contributed by atoms with Crippen molar-refractivity contribution in [2.45, 2.75) is 13.3 Å². The first kappa shape index (κ1) is 18.6. The smallest absolute Gasteiger partial charge is 0.341 e. The van der Waals surface area contributed by atoms with E-state index in [0.717, 1.165) is 11.8 Å². The van der Waals surface area contributed by atoms with Crippen molar-refractivity contribution in [3.8, 4) is 0 Å². The second kappa shape index (κ2) is 6.72. The number of halogens is 1. The number of pyridine rings is 1. The van der Waals surface area contributed by atoms with E-state index in [2.05, 4.69) is 0 Å². The molecule has 1 aliphatic carbocycles. The molecule has 4 rings (SSSR count). The second-order valence-electron chi connectivity index (χ2n) is 7.47. The van der Waals surface area contributed by atoms with Gasteiger partial charge in [0.2, 0.25) is 5.43 Å². The van der Waals surface area contributed by atoms with Gasteiger partial charge in [-0.05, 0) is 13.0 Å². The lowest BCUT2D eigenvalue weighted by molar-refractivity contribution is 0.0695.